The molecule has 0 aromatic carbocycles. The van der Waals surface area contributed by atoms with E-state index in [-0.39, 0.29) is 0 Å². The number of rotatable bonds is 4. The van der Waals surface area contributed by atoms with Crippen LogP contribution in [0.4, 0.5) is 0 Å². The number of hydrogen-bond acceptors (Lipinski definition) is 1. The summed E-state index contributed by atoms with van der Waals surface area (Å²) >= 11 is 12.0. The summed E-state index contributed by atoms with van der Waals surface area (Å²) in [5.74, 6) is 1.59. The van der Waals surface area contributed by atoms with E-state index < -0.39 is 0 Å². The summed E-state index contributed by atoms with van der Waals surface area (Å²) in [4.78, 5) is 1.47. The molecular formula is C14H20BrClS. The normalized spacial score (nSPS) is 29.5. The van der Waals surface area contributed by atoms with Crippen molar-refractivity contribution in [3.05, 3.63) is 20.8 Å². The minimum absolute atomic E-state index is 0.386. The molecule has 1 saturated carbocycles. The van der Waals surface area contributed by atoms with Gasteiger partial charge in [-0.1, -0.05) is 19.8 Å². The highest BCUT2D eigenvalue weighted by Crippen LogP contribution is 2.38. The van der Waals surface area contributed by atoms with Crippen molar-refractivity contribution in [3.63, 3.8) is 0 Å². The van der Waals surface area contributed by atoms with Crippen molar-refractivity contribution in [3.8, 4) is 0 Å². The molecule has 3 unspecified atom stereocenters. The van der Waals surface area contributed by atoms with Gasteiger partial charge in [-0.25, -0.2) is 0 Å². The van der Waals surface area contributed by atoms with Crippen LogP contribution in [-0.4, -0.2) is 5.38 Å². The standard InChI is InChI=1S/C14H20BrClS/c1-2-3-10-4-5-13(16)11(8-10)9-14-12(15)6-7-17-14/h6-7,10-11,13H,2-5,8-9H2,1H3. The molecule has 0 saturated heterocycles. The molecule has 2 rings (SSSR count). The molecule has 1 aliphatic carbocycles. The van der Waals surface area contributed by atoms with Crippen LogP contribution in [-0.2, 0) is 6.42 Å². The summed E-state index contributed by atoms with van der Waals surface area (Å²) in [6.45, 7) is 2.29. The molecule has 0 bridgehead atoms. The third-order valence-electron chi connectivity index (χ3n) is 3.83. The third kappa shape index (κ3) is 3.71. The quantitative estimate of drug-likeness (QED) is 0.603. The lowest BCUT2D eigenvalue weighted by Gasteiger charge is -2.33. The molecule has 17 heavy (non-hydrogen) atoms. The zero-order valence-electron chi connectivity index (χ0n) is 10.3. The monoisotopic (exact) mass is 334 g/mol. The fourth-order valence-electron chi connectivity index (χ4n) is 2.91. The average Bonchev–Trinajstić information content (AvgIpc) is 2.70. The summed E-state index contributed by atoms with van der Waals surface area (Å²) < 4.78 is 1.27. The van der Waals surface area contributed by atoms with Crippen LogP contribution in [0, 0.1) is 11.8 Å². The highest BCUT2D eigenvalue weighted by Gasteiger charge is 2.29. The molecule has 3 heteroatoms. The van der Waals surface area contributed by atoms with Crippen molar-refractivity contribution in [2.45, 2.75) is 50.8 Å². The van der Waals surface area contributed by atoms with Gasteiger partial charge in [0.2, 0.25) is 0 Å². The molecule has 0 N–H and O–H groups in total. The molecule has 1 aromatic heterocycles. The van der Waals surface area contributed by atoms with Gasteiger partial charge in [0.15, 0.2) is 0 Å². The minimum Gasteiger partial charge on any atom is -0.148 e. The molecule has 1 aliphatic rings. The van der Waals surface area contributed by atoms with Gasteiger partial charge >= 0.3 is 0 Å². The topological polar surface area (TPSA) is 0 Å². The molecule has 3 atom stereocenters. The van der Waals surface area contributed by atoms with Crippen molar-refractivity contribution < 1.29 is 0 Å². The fourth-order valence-corrected chi connectivity index (χ4v) is 4.84. The van der Waals surface area contributed by atoms with E-state index in [0.717, 1.165) is 12.3 Å². The second-order valence-corrected chi connectivity index (χ2v) is 7.56. The van der Waals surface area contributed by atoms with Crippen LogP contribution < -0.4 is 0 Å². The number of thiophene rings is 1. The lowest BCUT2D eigenvalue weighted by Crippen LogP contribution is -2.27. The third-order valence-corrected chi connectivity index (χ3v) is 6.36. The van der Waals surface area contributed by atoms with E-state index >= 15 is 0 Å². The van der Waals surface area contributed by atoms with E-state index in [9.17, 15) is 0 Å². The summed E-state index contributed by atoms with van der Waals surface area (Å²) in [7, 11) is 0. The van der Waals surface area contributed by atoms with E-state index in [1.807, 2.05) is 11.3 Å². The van der Waals surface area contributed by atoms with E-state index in [4.69, 9.17) is 11.6 Å². The number of halogens is 2. The predicted molar refractivity (Wildman–Crippen MR) is 81.1 cm³/mol. The fraction of sp³-hybridized carbons (Fsp3) is 0.714. The van der Waals surface area contributed by atoms with Crippen LogP contribution in [0.5, 0.6) is 0 Å². The number of alkyl halides is 1. The van der Waals surface area contributed by atoms with Crippen molar-refractivity contribution >= 4 is 38.9 Å². The second-order valence-electron chi connectivity index (χ2n) is 5.14. The molecular weight excluding hydrogens is 316 g/mol. The van der Waals surface area contributed by atoms with E-state index in [0.29, 0.717) is 11.3 Å². The van der Waals surface area contributed by atoms with Crippen LogP contribution in [0.3, 0.4) is 0 Å². The zero-order chi connectivity index (χ0) is 12.3. The Bertz CT molecular complexity index is 350. The largest absolute Gasteiger partial charge is 0.148 e. The van der Waals surface area contributed by atoms with Gasteiger partial charge in [-0.05, 0) is 64.9 Å². The lowest BCUT2D eigenvalue weighted by molar-refractivity contribution is 0.258. The minimum atomic E-state index is 0.386. The Morgan fingerprint density at radius 1 is 1.47 bits per heavy atom. The Balaban J connectivity index is 1.96. The number of hydrogen-bond donors (Lipinski definition) is 0. The summed E-state index contributed by atoms with van der Waals surface area (Å²) in [5.41, 5.74) is 0. The van der Waals surface area contributed by atoms with E-state index in [2.05, 4.69) is 34.3 Å². The SMILES string of the molecule is CCCC1CCC(Cl)C(Cc2sccc2Br)C1. The van der Waals surface area contributed by atoms with Gasteiger partial charge in [-0.15, -0.1) is 22.9 Å². The van der Waals surface area contributed by atoms with Gasteiger partial charge < -0.3 is 0 Å². The molecule has 0 spiro atoms. The molecule has 1 aromatic rings. The lowest BCUT2D eigenvalue weighted by atomic mass is 9.77. The highest BCUT2D eigenvalue weighted by atomic mass is 79.9. The first-order valence-corrected chi connectivity index (χ1v) is 8.67. The Morgan fingerprint density at radius 3 is 2.94 bits per heavy atom. The first kappa shape index (κ1) is 13.9. The second kappa shape index (κ2) is 6.58. The van der Waals surface area contributed by atoms with E-state index in [1.165, 1.54) is 41.5 Å². The van der Waals surface area contributed by atoms with Crippen LogP contribution in [0.2, 0.25) is 0 Å². The molecule has 0 nitrogen and oxygen atoms in total. The summed E-state index contributed by atoms with van der Waals surface area (Å²) in [5, 5.41) is 2.55. The average molecular weight is 336 g/mol. The molecule has 0 aliphatic heterocycles. The Hall–Kier alpha value is 0.470. The first-order chi connectivity index (χ1) is 8.20. The Morgan fingerprint density at radius 2 is 2.29 bits per heavy atom. The van der Waals surface area contributed by atoms with Crippen molar-refractivity contribution in [2.75, 3.05) is 0 Å². The maximum Gasteiger partial charge on any atom is 0.0367 e. The van der Waals surface area contributed by atoms with Gasteiger partial charge in [0, 0.05) is 14.7 Å². The van der Waals surface area contributed by atoms with Gasteiger partial charge in [-0.3, -0.25) is 0 Å². The van der Waals surface area contributed by atoms with Crippen LogP contribution in [0.25, 0.3) is 0 Å². The van der Waals surface area contributed by atoms with Crippen LogP contribution in [0.1, 0.15) is 43.9 Å². The maximum atomic E-state index is 6.51. The van der Waals surface area contributed by atoms with Crippen molar-refractivity contribution in [1.82, 2.24) is 0 Å². The van der Waals surface area contributed by atoms with Crippen LogP contribution in [0.15, 0.2) is 15.9 Å². The van der Waals surface area contributed by atoms with Gasteiger partial charge in [0.25, 0.3) is 0 Å². The molecule has 1 heterocycles. The maximum absolute atomic E-state index is 6.51. The van der Waals surface area contributed by atoms with Gasteiger partial charge in [0.05, 0.1) is 0 Å². The molecule has 1 fully saturated rings. The molecule has 0 radical (unpaired) electrons. The smallest absolute Gasteiger partial charge is 0.0367 e. The van der Waals surface area contributed by atoms with Gasteiger partial charge in [0.1, 0.15) is 0 Å². The highest BCUT2D eigenvalue weighted by molar-refractivity contribution is 9.10. The summed E-state index contributed by atoms with van der Waals surface area (Å²) in [6, 6.07) is 2.15. The van der Waals surface area contributed by atoms with E-state index in [1.54, 1.807) is 0 Å². The first-order valence-electron chi connectivity index (χ1n) is 6.56. The predicted octanol–water partition coefficient (Wildman–Crippen LogP) is 5.88. The zero-order valence-corrected chi connectivity index (χ0v) is 13.5. The Labute approximate surface area is 122 Å². The van der Waals surface area contributed by atoms with Crippen molar-refractivity contribution in [1.29, 1.82) is 0 Å². The summed E-state index contributed by atoms with van der Waals surface area (Å²) in [6.07, 6.45) is 7.72. The molecule has 96 valence electrons. The van der Waals surface area contributed by atoms with Crippen molar-refractivity contribution in [2.24, 2.45) is 11.8 Å². The molecule has 0 amide bonds. The van der Waals surface area contributed by atoms with Gasteiger partial charge in [-0.2, -0.15) is 0 Å². The Kier molecular flexibility index (Phi) is 5.38. The van der Waals surface area contributed by atoms with Crippen LogP contribution >= 0.6 is 38.9 Å².